The number of aromatic nitrogens is 2. The van der Waals surface area contributed by atoms with Gasteiger partial charge in [-0.2, -0.15) is 5.10 Å². The topological polar surface area (TPSA) is 81.0 Å². The fourth-order valence-electron chi connectivity index (χ4n) is 5.84. The number of benzene rings is 3. The van der Waals surface area contributed by atoms with E-state index in [9.17, 15) is 4.79 Å². The number of carbonyl (C=O) groups is 1. The van der Waals surface area contributed by atoms with Crippen LogP contribution in [0.2, 0.25) is 18.1 Å². The van der Waals surface area contributed by atoms with Crippen molar-refractivity contribution in [3.05, 3.63) is 88.6 Å². The first-order valence-corrected chi connectivity index (χ1v) is 18.4. The van der Waals surface area contributed by atoms with Gasteiger partial charge < -0.3 is 23.4 Å². The first-order valence-electron chi connectivity index (χ1n) is 15.5. The number of rotatable bonds is 11. The number of nitrogens with zero attached hydrogens (tertiary/aromatic N) is 2. The van der Waals surface area contributed by atoms with Crippen molar-refractivity contribution >= 4 is 25.2 Å². The Hall–Kier alpha value is -3.66. The fourth-order valence-corrected chi connectivity index (χ4v) is 7.12. The van der Waals surface area contributed by atoms with E-state index in [0.717, 1.165) is 40.9 Å². The summed E-state index contributed by atoms with van der Waals surface area (Å²) in [6.45, 7) is 13.6. The maximum absolute atomic E-state index is 12.6. The van der Waals surface area contributed by atoms with Crippen LogP contribution in [0.15, 0.2) is 60.8 Å². The average molecular weight is 631 g/mol. The Morgan fingerprint density at radius 1 is 0.978 bits per heavy atom. The van der Waals surface area contributed by atoms with Gasteiger partial charge in [0.15, 0.2) is 8.32 Å². The van der Waals surface area contributed by atoms with Crippen molar-refractivity contribution in [2.45, 2.75) is 83.5 Å². The van der Waals surface area contributed by atoms with E-state index in [1.54, 1.807) is 20.3 Å². The van der Waals surface area contributed by atoms with Gasteiger partial charge in [-0.05, 0) is 72.8 Å². The van der Waals surface area contributed by atoms with E-state index in [0.29, 0.717) is 17.6 Å². The number of hydrogen-bond donors (Lipinski definition) is 0. The van der Waals surface area contributed by atoms with Gasteiger partial charge in [-0.3, -0.25) is 4.68 Å². The standard InChI is InChI=1S/C36H46N2O6Si/c1-23-30(40-5)19-27(20-31(23)41-6)34(44-45(8,9)36(2,3)4)32(43-28-17-24-13-10-11-14-25(24)18-28)22-38-21-26-15-12-16-29(33(26)37-38)35(39)42-7/h10-16,19-21,28,32,34H,17-18,22H2,1-9H3. The van der Waals surface area contributed by atoms with Gasteiger partial charge in [-0.1, -0.05) is 57.2 Å². The highest BCUT2D eigenvalue weighted by Crippen LogP contribution is 2.44. The van der Waals surface area contributed by atoms with E-state index in [1.165, 1.54) is 18.2 Å². The van der Waals surface area contributed by atoms with E-state index >= 15 is 0 Å². The first kappa shape index (κ1) is 32.7. The molecule has 1 aromatic heterocycles. The van der Waals surface area contributed by atoms with E-state index < -0.39 is 26.5 Å². The summed E-state index contributed by atoms with van der Waals surface area (Å²) in [5.41, 5.74) is 5.50. The Kier molecular flexibility index (Phi) is 9.44. The van der Waals surface area contributed by atoms with Crippen molar-refractivity contribution < 1.29 is 28.2 Å². The second kappa shape index (κ2) is 13.0. The summed E-state index contributed by atoms with van der Waals surface area (Å²) in [6, 6.07) is 18.2. The summed E-state index contributed by atoms with van der Waals surface area (Å²) in [5.74, 6) is 1.04. The summed E-state index contributed by atoms with van der Waals surface area (Å²) in [6.07, 6.45) is 2.71. The molecule has 1 heterocycles. The van der Waals surface area contributed by atoms with Crippen molar-refractivity contribution in [1.29, 1.82) is 0 Å². The van der Waals surface area contributed by atoms with Gasteiger partial charge in [0.1, 0.15) is 23.1 Å². The molecule has 2 unspecified atom stereocenters. The van der Waals surface area contributed by atoms with Crippen LogP contribution in [-0.4, -0.2) is 57.6 Å². The number of hydrogen-bond acceptors (Lipinski definition) is 7. The van der Waals surface area contributed by atoms with Crippen LogP contribution in [0.25, 0.3) is 10.9 Å². The molecule has 1 aliphatic carbocycles. The lowest BCUT2D eigenvalue weighted by molar-refractivity contribution is -0.0787. The Balaban J connectivity index is 1.62. The zero-order chi connectivity index (χ0) is 32.5. The average Bonchev–Trinajstić information content (AvgIpc) is 3.61. The maximum Gasteiger partial charge on any atom is 0.340 e. The molecule has 8 nitrogen and oxygen atoms in total. The molecule has 1 aliphatic rings. The molecule has 4 aromatic rings. The lowest BCUT2D eigenvalue weighted by atomic mass is 10.0. The Morgan fingerprint density at radius 3 is 2.16 bits per heavy atom. The van der Waals surface area contributed by atoms with E-state index in [4.69, 9.17) is 28.5 Å². The highest BCUT2D eigenvalue weighted by atomic mass is 28.4. The molecule has 0 bridgehead atoms. The molecule has 0 aliphatic heterocycles. The minimum Gasteiger partial charge on any atom is -0.496 e. The van der Waals surface area contributed by atoms with Crippen LogP contribution in [0, 0.1) is 6.92 Å². The Morgan fingerprint density at radius 2 is 1.60 bits per heavy atom. The molecule has 0 radical (unpaired) electrons. The van der Waals surface area contributed by atoms with Gasteiger partial charge in [0.25, 0.3) is 0 Å². The molecule has 9 heteroatoms. The minimum absolute atomic E-state index is 0.0252. The second-order valence-corrected chi connectivity index (χ2v) is 18.2. The monoisotopic (exact) mass is 630 g/mol. The number of esters is 1. The van der Waals surface area contributed by atoms with Crippen molar-refractivity contribution in [2.24, 2.45) is 0 Å². The number of methoxy groups -OCH3 is 3. The summed E-state index contributed by atoms with van der Waals surface area (Å²) >= 11 is 0. The van der Waals surface area contributed by atoms with Crippen LogP contribution in [0.1, 0.15) is 59.5 Å². The lowest BCUT2D eigenvalue weighted by Gasteiger charge is -2.42. The van der Waals surface area contributed by atoms with Gasteiger partial charge in [0, 0.05) is 17.1 Å². The molecule has 0 saturated heterocycles. The van der Waals surface area contributed by atoms with E-state index in [2.05, 4.69) is 58.1 Å². The predicted octanol–water partition coefficient (Wildman–Crippen LogP) is 7.46. The molecular formula is C36H46N2O6Si. The Bertz CT molecular complexity index is 1620. The van der Waals surface area contributed by atoms with Crippen molar-refractivity contribution in [1.82, 2.24) is 9.78 Å². The van der Waals surface area contributed by atoms with Gasteiger partial charge in [0.05, 0.1) is 45.6 Å². The molecule has 240 valence electrons. The summed E-state index contributed by atoms with van der Waals surface area (Å²) in [4.78, 5) is 12.6. The highest BCUT2D eigenvalue weighted by molar-refractivity contribution is 6.74. The summed E-state index contributed by atoms with van der Waals surface area (Å²) in [5, 5.41) is 5.69. The highest BCUT2D eigenvalue weighted by Gasteiger charge is 2.43. The van der Waals surface area contributed by atoms with E-state index in [-0.39, 0.29) is 11.1 Å². The van der Waals surface area contributed by atoms with Crippen LogP contribution in [0.3, 0.4) is 0 Å². The number of ether oxygens (including phenoxy) is 4. The van der Waals surface area contributed by atoms with Gasteiger partial charge >= 0.3 is 5.97 Å². The molecule has 3 aromatic carbocycles. The predicted molar refractivity (Wildman–Crippen MR) is 179 cm³/mol. The molecular weight excluding hydrogens is 584 g/mol. The van der Waals surface area contributed by atoms with Crippen LogP contribution in [-0.2, 0) is 33.3 Å². The van der Waals surface area contributed by atoms with Crippen LogP contribution in [0.4, 0.5) is 0 Å². The van der Waals surface area contributed by atoms with Crippen LogP contribution in [0.5, 0.6) is 11.5 Å². The number of fused-ring (bicyclic) bond motifs is 2. The lowest BCUT2D eigenvalue weighted by Crippen LogP contribution is -2.45. The molecule has 45 heavy (non-hydrogen) atoms. The van der Waals surface area contributed by atoms with Crippen molar-refractivity contribution in [2.75, 3.05) is 21.3 Å². The van der Waals surface area contributed by atoms with Gasteiger partial charge in [-0.15, -0.1) is 0 Å². The van der Waals surface area contributed by atoms with Crippen LogP contribution < -0.4 is 9.47 Å². The maximum atomic E-state index is 12.6. The van der Waals surface area contributed by atoms with Gasteiger partial charge in [0.2, 0.25) is 0 Å². The third-order valence-corrected chi connectivity index (χ3v) is 13.9. The minimum atomic E-state index is -2.33. The SMILES string of the molecule is COC(=O)c1cccc2cn(CC(OC3Cc4ccccc4C3)C(O[Si](C)(C)C(C)(C)C)c3cc(OC)c(C)c(OC)c3)nc12. The largest absolute Gasteiger partial charge is 0.496 e. The third-order valence-electron chi connectivity index (χ3n) is 9.41. The number of carbonyl (C=O) groups excluding carboxylic acids is 1. The molecule has 0 N–H and O–H groups in total. The first-order chi connectivity index (χ1) is 21.3. The molecule has 2 atom stereocenters. The fraction of sp³-hybridized carbons (Fsp3) is 0.444. The van der Waals surface area contributed by atoms with Gasteiger partial charge in [-0.25, -0.2) is 4.79 Å². The zero-order valence-corrected chi connectivity index (χ0v) is 29.0. The van der Waals surface area contributed by atoms with E-state index in [1.807, 2.05) is 42.1 Å². The molecule has 0 saturated carbocycles. The quantitative estimate of drug-likeness (QED) is 0.126. The normalized spacial score (nSPS) is 15.1. The smallest absolute Gasteiger partial charge is 0.340 e. The van der Waals surface area contributed by atoms with Crippen molar-refractivity contribution in [3.8, 4) is 11.5 Å². The summed E-state index contributed by atoms with van der Waals surface area (Å²) < 4.78 is 32.9. The van der Waals surface area contributed by atoms with Crippen LogP contribution >= 0.6 is 0 Å². The molecule has 0 amide bonds. The zero-order valence-electron chi connectivity index (χ0n) is 28.0. The molecule has 0 spiro atoms. The van der Waals surface area contributed by atoms with Crippen molar-refractivity contribution in [3.63, 3.8) is 0 Å². The second-order valence-electron chi connectivity index (χ2n) is 13.4. The Labute approximate surface area is 267 Å². The summed E-state index contributed by atoms with van der Waals surface area (Å²) in [7, 11) is 2.40. The third kappa shape index (κ3) is 6.81. The molecule has 0 fully saturated rings. The molecule has 5 rings (SSSR count).